The van der Waals surface area contributed by atoms with Gasteiger partial charge in [-0.05, 0) is 53.7 Å². The third kappa shape index (κ3) is 4.02. The zero-order valence-electron chi connectivity index (χ0n) is 15.5. The van der Waals surface area contributed by atoms with E-state index in [4.69, 9.17) is 21.7 Å². The van der Waals surface area contributed by atoms with Crippen molar-refractivity contribution in [3.63, 3.8) is 0 Å². The zero-order chi connectivity index (χ0) is 20.4. The Balaban J connectivity index is 1.87. The fourth-order valence-electron chi connectivity index (χ4n) is 2.71. The van der Waals surface area contributed by atoms with Crippen LogP contribution >= 0.6 is 28.1 Å². The molecular weight excluding hydrogens is 447 g/mol. The van der Waals surface area contributed by atoms with Gasteiger partial charge in [-0.1, -0.05) is 28.1 Å². The van der Waals surface area contributed by atoms with Gasteiger partial charge in [-0.2, -0.15) is 0 Å². The van der Waals surface area contributed by atoms with Gasteiger partial charge in [0.1, 0.15) is 18.1 Å². The third-order valence-corrected chi connectivity index (χ3v) is 5.58. The molecule has 1 amide bonds. The van der Waals surface area contributed by atoms with Crippen molar-refractivity contribution in [1.29, 1.82) is 0 Å². The van der Waals surface area contributed by atoms with Gasteiger partial charge in [0.25, 0.3) is 5.91 Å². The van der Waals surface area contributed by atoms with Crippen LogP contribution in [0.5, 0.6) is 11.5 Å². The number of hydrogen-bond acceptors (Lipinski definition) is 4. The normalized spacial score (nSPS) is 15.5. The molecule has 2 aromatic carbocycles. The van der Waals surface area contributed by atoms with E-state index in [1.807, 2.05) is 0 Å². The zero-order valence-corrected chi connectivity index (χ0v) is 17.9. The topological polar surface area (TPSA) is 42.0 Å². The van der Waals surface area contributed by atoms with Gasteiger partial charge < -0.3 is 14.4 Å². The summed E-state index contributed by atoms with van der Waals surface area (Å²) < 4.78 is 25.0. The molecule has 0 aliphatic carbocycles. The standard InChI is InChI=1S/C20H18BrFN2O3S/c1-23-16(19(25)24(2)20(23)28)8-13-9-17(26-3)18(10-15(13)21)27-11-12-4-6-14(22)7-5-12/h4-10H,11H2,1-3H3. The second-order valence-electron chi connectivity index (χ2n) is 6.18. The van der Waals surface area contributed by atoms with Crippen molar-refractivity contribution in [3.8, 4) is 11.5 Å². The molecule has 1 aliphatic heterocycles. The van der Waals surface area contributed by atoms with Gasteiger partial charge in [-0.25, -0.2) is 4.39 Å². The molecule has 28 heavy (non-hydrogen) atoms. The number of amides is 1. The smallest absolute Gasteiger partial charge is 0.276 e. The Morgan fingerprint density at radius 2 is 1.82 bits per heavy atom. The molecule has 1 fully saturated rings. The first-order valence-corrected chi connectivity index (χ1v) is 9.54. The highest BCUT2D eigenvalue weighted by Gasteiger charge is 2.32. The number of ether oxygens (including phenoxy) is 2. The minimum absolute atomic E-state index is 0.171. The monoisotopic (exact) mass is 464 g/mol. The van der Waals surface area contributed by atoms with Crippen molar-refractivity contribution in [2.45, 2.75) is 6.61 Å². The average Bonchev–Trinajstić information content (AvgIpc) is 2.86. The Bertz CT molecular complexity index is 963. The number of halogens is 2. The molecule has 0 aromatic heterocycles. The first-order valence-electron chi connectivity index (χ1n) is 8.34. The van der Waals surface area contributed by atoms with Crippen LogP contribution in [-0.4, -0.2) is 42.0 Å². The molecule has 146 valence electrons. The van der Waals surface area contributed by atoms with Crippen molar-refractivity contribution in [2.75, 3.05) is 21.2 Å². The highest BCUT2D eigenvalue weighted by atomic mass is 79.9. The Morgan fingerprint density at radius 3 is 2.39 bits per heavy atom. The second-order valence-corrected chi connectivity index (χ2v) is 7.39. The lowest BCUT2D eigenvalue weighted by Gasteiger charge is -2.14. The van der Waals surface area contributed by atoms with Crippen LogP contribution in [-0.2, 0) is 11.4 Å². The van der Waals surface area contributed by atoms with Crippen LogP contribution in [0.2, 0.25) is 0 Å². The maximum atomic E-state index is 13.0. The minimum Gasteiger partial charge on any atom is -0.493 e. The first-order chi connectivity index (χ1) is 13.3. The molecule has 5 nitrogen and oxygen atoms in total. The van der Waals surface area contributed by atoms with Gasteiger partial charge in [-0.15, -0.1) is 0 Å². The molecule has 1 aliphatic rings. The number of likely N-dealkylation sites (N-methyl/N-ethyl adjacent to an activating group) is 2. The van der Waals surface area contributed by atoms with E-state index in [1.165, 1.54) is 17.0 Å². The van der Waals surface area contributed by atoms with E-state index in [-0.39, 0.29) is 18.3 Å². The predicted octanol–water partition coefficient (Wildman–Crippen LogP) is 4.21. The third-order valence-electron chi connectivity index (χ3n) is 4.34. The molecule has 1 saturated heterocycles. The first kappa shape index (κ1) is 20.3. The summed E-state index contributed by atoms with van der Waals surface area (Å²) in [5.41, 5.74) is 2.05. The van der Waals surface area contributed by atoms with E-state index in [0.717, 1.165) is 15.6 Å². The van der Waals surface area contributed by atoms with Crippen LogP contribution < -0.4 is 9.47 Å². The number of carbonyl (C=O) groups is 1. The molecule has 0 saturated carbocycles. The molecule has 1 heterocycles. The van der Waals surface area contributed by atoms with Gasteiger partial charge in [-0.3, -0.25) is 9.69 Å². The summed E-state index contributed by atoms with van der Waals surface area (Å²) in [6, 6.07) is 9.65. The highest BCUT2D eigenvalue weighted by molar-refractivity contribution is 9.10. The second kappa shape index (κ2) is 8.28. The predicted molar refractivity (Wildman–Crippen MR) is 113 cm³/mol. The van der Waals surface area contributed by atoms with E-state index in [2.05, 4.69) is 15.9 Å². The summed E-state index contributed by atoms with van der Waals surface area (Å²) in [5.74, 6) is 0.578. The van der Waals surface area contributed by atoms with Gasteiger partial charge in [0, 0.05) is 18.6 Å². The number of thiocarbonyl (C=S) groups is 1. The van der Waals surface area contributed by atoms with Crippen LogP contribution in [0.1, 0.15) is 11.1 Å². The fraction of sp³-hybridized carbons (Fsp3) is 0.200. The van der Waals surface area contributed by atoms with E-state index in [0.29, 0.717) is 22.3 Å². The van der Waals surface area contributed by atoms with Crippen LogP contribution in [0.25, 0.3) is 6.08 Å². The number of benzene rings is 2. The quantitative estimate of drug-likeness (QED) is 0.489. The van der Waals surface area contributed by atoms with E-state index in [1.54, 1.807) is 56.4 Å². The number of nitrogens with zero attached hydrogens (tertiary/aromatic N) is 2. The van der Waals surface area contributed by atoms with E-state index >= 15 is 0 Å². The van der Waals surface area contributed by atoms with Crippen LogP contribution in [0.15, 0.2) is 46.6 Å². The van der Waals surface area contributed by atoms with Crippen molar-refractivity contribution < 1.29 is 18.7 Å². The Labute approximate surface area is 176 Å². The molecule has 0 unspecified atom stereocenters. The Morgan fingerprint density at radius 1 is 1.14 bits per heavy atom. The SMILES string of the molecule is COc1cc(C=C2C(=O)N(C)C(=S)N2C)c(Br)cc1OCc1ccc(F)cc1. The summed E-state index contributed by atoms with van der Waals surface area (Å²) in [5, 5.41) is 0.443. The van der Waals surface area contributed by atoms with Crippen LogP contribution in [0.3, 0.4) is 0 Å². The Kier molecular flexibility index (Phi) is 6.00. The summed E-state index contributed by atoms with van der Waals surface area (Å²) in [6.07, 6.45) is 1.74. The van der Waals surface area contributed by atoms with Gasteiger partial charge in [0.2, 0.25) is 0 Å². The molecule has 0 bridgehead atoms. The number of carbonyl (C=O) groups excluding carboxylic acids is 1. The largest absolute Gasteiger partial charge is 0.493 e. The highest BCUT2D eigenvalue weighted by Crippen LogP contribution is 2.36. The molecule has 3 rings (SSSR count). The molecule has 0 N–H and O–H groups in total. The lowest BCUT2D eigenvalue weighted by Crippen LogP contribution is -2.26. The number of methoxy groups -OCH3 is 1. The number of hydrogen-bond donors (Lipinski definition) is 0. The minimum atomic E-state index is -0.294. The van der Waals surface area contributed by atoms with E-state index < -0.39 is 0 Å². The van der Waals surface area contributed by atoms with Gasteiger partial charge >= 0.3 is 0 Å². The maximum absolute atomic E-state index is 13.0. The van der Waals surface area contributed by atoms with Crippen molar-refractivity contribution >= 4 is 45.2 Å². The van der Waals surface area contributed by atoms with Gasteiger partial charge in [0.15, 0.2) is 16.6 Å². The van der Waals surface area contributed by atoms with Crippen LogP contribution in [0, 0.1) is 5.82 Å². The molecular formula is C20H18BrFN2O3S. The summed E-state index contributed by atoms with van der Waals surface area (Å²) >= 11 is 8.75. The Hall–Kier alpha value is -2.45. The average molecular weight is 465 g/mol. The van der Waals surface area contributed by atoms with Crippen molar-refractivity contribution in [3.05, 3.63) is 63.5 Å². The molecule has 2 aromatic rings. The van der Waals surface area contributed by atoms with Crippen molar-refractivity contribution in [1.82, 2.24) is 9.80 Å². The lowest BCUT2D eigenvalue weighted by molar-refractivity contribution is -0.121. The lowest BCUT2D eigenvalue weighted by atomic mass is 10.1. The molecule has 8 heteroatoms. The molecule has 0 spiro atoms. The van der Waals surface area contributed by atoms with Gasteiger partial charge in [0.05, 0.1) is 7.11 Å². The summed E-state index contributed by atoms with van der Waals surface area (Å²) in [7, 11) is 4.94. The fourth-order valence-corrected chi connectivity index (χ4v) is 3.33. The molecule has 0 radical (unpaired) electrons. The summed E-state index contributed by atoms with van der Waals surface area (Å²) in [6.45, 7) is 0.268. The number of rotatable bonds is 5. The van der Waals surface area contributed by atoms with Crippen LogP contribution in [0.4, 0.5) is 4.39 Å². The molecule has 0 atom stereocenters. The summed E-state index contributed by atoms with van der Waals surface area (Å²) in [4.78, 5) is 15.5. The van der Waals surface area contributed by atoms with Crippen molar-refractivity contribution in [2.24, 2.45) is 0 Å². The maximum Gasteiger partial charge on any atom is 0.276 e. The van der Waals surface area contributed by atoms with E-state index in [9.17, 15) is 9.18 Å².